The zero-order chi connectivity index (χ0) is 17.3. The molecule has 0 aromatic rings. The molecule has 2 N–H and O–H groups in total. The van der Waals surface area contributed by atoms with Crippen molar-refractivity contribution in [3.05, 3.63) is 11.6 Å². The van der Waals surface area contributed by atoms with E-state index in [1.54, 1.807) is 5.57 Å². The maximum absolute atomic E-state index is 10.4. The number of allylic oxidation sites excluding steroid dienone is 1. The molecule has 0 aromatic carbocycles. The predicted octanol–water partition coefficient (Wildman–Crippen LogP) is 4.55. The van der Waals surface area contributed by atoms with E-state index in [-0.39, 0.29) is 12.2 Å². The van der Waals surface area contributed by atoms with Crippen molar-refractivity contribution in [1.29, 1.82) is 0 Å². The Hall–Kier alpha value is -0.340. The molecule has 0 amide bonds. The molecule has 0 radical (unpaired) electrons. The molecular formula is C22H36O2. The molecule has 0 aliphatic heterocycles. The van der Waals surface area contributed by atoms with Crippen molar-refractivity contribution in [1.82, 2.24) is 0 Å². The lowest BCUT2D eigenvalue weighted by atomic mass is 9.44. The van der Waals surface area contributed by atoms with Gasteiger partial charge in [0.25, 0.3) is 0 Å². The van der Waals surface area contributed by atoms with E-state index in [2.05, 4.69) is 26.8 Å². The van der Waals surface area contributed by atoms with Crippen LogP contribution in [0.4, 0.5) is 0 Å². The molecular weight excluding hydrogens is 296 g/mol. The summed E-state index contributed by atoms with van der Waals surface area (Å²) in [5.74, 6) is 3.60. The summed E-state index contributed by atoms with van der Waals surface area (Å²) >= 11 is 0. The first-order valence-electron chi connectivity index (χ1n) is 10.3. The molecule has 136 valence electrons. The smallest absolute Gasteiger partial charge is 0.0724 e. The van der Waals surface area contributed by atoms with Gasteiger partial charge in [0.2, 0.25) is 0 Å². The van der Waals surface area contributed by atoms with Crippen LogP contribution in [-0.2, 0) is 0 Å². The van der Waals surface area contributed by atoms with Gasteiger partial charge in [0.15, 0.2) is 0 Å². The Morgan fingerprint density at radius 3 is 2.62 bits per heavy atom. The number of aliphatic hydroxyl groups excluding tert-OH is 2. The van der Waals surface area contributed by atoms with Gasteiger partial charge in [0.1, 0.15) is 0 Å². The first-order chi connectivity index (χ1) is 11.3. The molecule has 24 heavy (non-hydrogen) atoms. The van der Waals surface area contributed by atoms with Crippen LogP contribution in [0, 0.1) is 40.4 Å². The van der Waals surface area contributed by atoms with E-state index >= 15 is 0 Å². The van der Waals surface area contributed by atoms with Crippen molar-refractivity contribution in [2.24, 2.45) is 40.4 Å². The van der Waals surface area contributed by atoms with Crippen molar-refractivity contribution < 1.29 is 10.2 Å². The van der Waals surface area contributed by atoms with Gasteiger partial charge in [0.05, 0.1) is 12.2 Å². The molecule has 3 fully saturated rings. The van der Waals surface area contributed by atoms with Gasteiger partial charge >= 0.3 is 0 Å². The largest absolute Gasteiger partial charge is 0.393 e. The fraction of sp³-hybridized carbons (Fsp3) is 0.909. The fourth-order valence-corrected chi connectivity index (χ4v) is 8.25. The Morgan fingerprint density at radius 1 is 1.17 bits per heavy atom. The second-order valence-corrected chi connectivity index (χ2v) is 10.2. The van der Waals surface area contributed by atoms with Gasteiger partial charge in [-0.1, -0.05) is 32.4 Å². The molecule has 2 heteroatoms. The van der Waals surface area contributed by atoms with E-state index in [1.807, 2.05) is 6.92 Å². The number of hydrogen-bond donors (Lipinski definition) is 2. The standard InChI is InChI=1S/C22H36O2/c1-13-12-22(4)18(14(2)23)7-8-19(22)17-6-5-15-11-16(24)9-10-21(15,3)20(13)17/h11,13-14,16-20,23-24H,5-10,12H2,1-4H3. The van der Waals surface area contributed by atoms with Crippen LogP contribution in [0.25, 0.3) is 0 Å². The van der Waals surface area contributed by atoms with E-state index in [9.17, 15) is 10.2 Å². The topological polar surface area (TPSA) is 40.5 Å². The Labute approximate surface area is 147 Å². The summed E-state index contributed by atoms with van der Waals surface area (Å²) < 4.78 is 0. The van der Waals surface area contributed by atoms with E-state index in [4.69, 9.17) is 0 Å². The van der Waals surface area contributed by atoms with Gasteiger partial charge in [-0.05, 0) is 92.3 Å². The Kier molecular flexibility index (Phi) is 3.97. The molecule has 0 spiro atoms. The fourth-order valence-electron chi connectivity index (χ4n) is 8.25. The molecule has 4 rings (SSSR count). The maximum atomic E-state index is 10.4. The third kappa shape index (κ3) is 2.21. The maximum Gasteiger partial charge on any atom is 0.0724 e. The van der Waals surface area contributed by atoms with Crippen LogP contribution in [0.1, 0.15) is 72.6 Å². The van der Waals surface area contributed by atoms with E-state index in [0.29, 0.717) is 16.7 Å². The zero-order valence-corrected chi connectivity index (χ0v) is 16.0. The van der Waals surface area contributed by atoms with Gasteiger partial charge in [-0.25, -0.2) is 0 Å². The second-order valence-electron chi connectivity index (χ2n) is 10.2. The minimum atomic E-state index is -0.208. The van der Waals surface area contributed by atoms with Crippen LogP contribution in [0.3, 0.4) is 0 Å². The molecule has 3 saturated carbocycles. The number of hydrogen-bond acceptors (Lipinski definition) is 2. The SMILES string of the molecule is CC(O)C1CCC2C3CCC4=CC(O)CCC4(C)C3C(C)CC12C. The molecule has 2 nitrogen and oxygen atoms in total. The summed E-state index contributed by atoms with van der Waals surface area (Å²) in [4.78, 5) is 0. The Morgan fingerprint density at radius 2 is 1.92 bits per heavy atom. The molecule has 9 unspecified atom stereocenters. The highest BCUT2D eigenvalue weighted by Crippen LogP contribution is 2.68. The van der Waals surface area contributed by atoms with Crippen molar-refractivity contribution in [3.63, 3.8) is 0 Å². The van der Waals surface area contributed by atoms with Gasteiger partial charge in [0, 0.05) is 0 Å². The molecule has 0 aromatic heterocycles. The minimum absolute atomic E-state index is 0.164. The lowest BCUT2D eigenvalue weighted by molar-refractivity contribution is -0.102. The Balaban J connectivity index is 1.70. The average molecular weight is 333 g/mol. The monoisotopic (exact) mass is 332 g/mol. The van der Waals surface area contributed by atoms with Gasteiger partial charge < -0.3 is 10.2 Å². The zero-order valence-electron chi connectivity index (χ0n) is 16.0. The highest BCUT2D eigenvalue weighted by molar-refractivity contribution is 5.26. The molecule has 0 bridgehead atoms. The van der Waals surface area contributed by atoms with Crippen LogP contribution in [-0.4, -0.2) is 22.4 Å². The first kappa shape index (κ1) is 17.1. The third-order valence-electron chi connectivity index (χ3n) is 8.99. The summed E-state index contributed by atoms with van der Waals surface area (Å²) in [6.07, 6.45) is 10.2. The van der Waals surface area contributed by atoms with Crippen LogP contribution >= 0.6 is 0 Å². The number of rotatable bonds is 1. The van der Waals surface area contributed by atoms with Crippen molar-refractivity contribution in [2.45, 2.75) is 84.8 Å². The first-order valence-corrected chi connectivity index (χ1v) is 10.3. The van der Waals surface area contributed by atoms with Gasteiger partial charge in [-0.3, -0.25) is 0 Å². The molecule has 4 aliphatic carbocycles. The molecule has 4 aliphatic rings. The van der Waals surface area contributed by atoms with Crippen molar-refractivity contribution >= 4 is 0 Å². The summed E-state index contributed by atoms with van der Waals surface area (Å²) in [6, 6.07) is 0. The van der Waals surface area contributed by atoms with Crippen LogP contribution in [0.15, 0.2) is 11.6 Å². The lowest BCUT2D eigenvalue weighted by Gasteiger charge is -2.61. The van der Waals surface area contributed by atoms with E-state index < -0.39 is 0 Å². The second kappa shape index (κ2) is 5.58. The Bertz CT molecular complexity index is 538. The molecule has 0 heterocycles. The summed E-state index contributed by atoms with van der Waals surface area (Å²) in [7, 11) is 0. The summed E-state index contributed by atoms with van der Waals surface area (Å²) in [6.45, 7) is 9.49. The third-order valence-corrected chi connectivity index (χ3v) is 8.99. The van der Waals surface area contributed by atoms with Crippen LogP contribution in [0.2, 0.25) is 0 Å². The van der Waals surface area contributed by atoms with E-state index in [0.717, 1.165) is 36.5 Å². The average Bonchev–Trinajstić information content (AvgIpc) is 2.84. The summed E-state index contributed by atoms with van der Waals surface area (Å²) in [5, 5.41) is 20.5. The normalized spacial score (nSPS) is 55.2. The number of aliphatic hydroxyl groups is 2. The molecule has 0 saturated heterocycles. The highest BCUT2D eigenvalue weighted by Gasteiger charge is 2.61. The quantitative estimate of drug-likeness (QED) is 0.691. The highest BCUT2D eigenvalue weighted by atomic mass is 16.3. The summed E-state index contributed by atoms with van der Waals surface area (Å²) in [5.41, 5.74) is 2.20. The van der Waals surface area contributed by atoms with Crippen molar-refractivity contribution in [3.8, 4) is 0 Å². The van der Waals surface area contributed by atoms with Crippen molar-refractivity contribution in [2.75, 3.05) is 0 Å². The number of fused-ring (bicyclic) bond motifs is 5. The lowest BCUT2D eigenvalue weighted by Crippen LogP contribution is -2.54. The van der Waals surface area contributed by atoms with Gasteiger partial charge in [-0.15, -0.1) is 0 Å². The van der Waals surface area contributed by atoms with Crippen LogP contribution < -0.4 is 0 Å². The predicted molar refractivity (Wildman–Crippen MR) is 97.4 cm³/mol. The van der Waals surface area contributed by atoms with E-state index in [1.165, 1.54) is 32.1 Å². The molecule has 9 atom stereocenters. The van der Waals surface area contributed by atoms with Gasteiger partial charge in [-0.2, -0.15) is 0 Å². The minimum Gasteiger partial charge on any atom is -0.393 e. The van der Waals surface area contributed by atoms with Crippen LogP contribution in [0.5, 0.6) is 0 Å².